The number of carbonyl (C=O) groups excluding carboxylic acids is 1. The van der Waals surface area contributed by atoms with Gasteiger partial charge in [0.05, 0.1) is 6.61 Å². The van der Waals surface area contributed by atoms with E-state index < -0.39 is 0 Å². The Hall–Kier alpha value is -2.92. The third kappa shape index (κ3) is 4.03. The van der Waals surface area contributed by atoms with Crippen molar-refractivity contribution in [3.63, 3.8) is 0 Å². The van der Waals surface area contributed by atoms with Crippen LogP contribution in [-0.2, 0) is 29.0 Å². The summed E-state index contributed by atoms with van der Waals surface area (Å²) in [7, 11) is 2.15. The third-order valence-corrected chi connectivity index (χ3v) is 5.72. The molecule has 0 saturated heterocycles. The lowest BCUT2D eigenvalue weighted by Gasteiger charge is -2.24. The van der Waals surface area contributed by atoms with E-state index in [4.69, 9.17) is 4.74 Å². The van der Waals surface area contributed by atoms with Crippen molar-refractivity contribution in [2.75, 3.05) is 20.2 Å². The Morgan fingerprint density at radius 2 is 1.97 bits per heavy atom. The van der Waals surface area contributed by atoms with E-state index in [1.54, 1.807) is 19.1 Å². The van der Waals surface area contributed by atoms with E-state index in [9.17, 15) is 9.18 Å². The molecule has 0 aliphatic carbocycles. The van der Waals surface area contributed by atoms with Crippen molar-refractivity contribution < 1.29 is 13.9 Å². The monoisotopic (exact) mass is 406 g/mol. The van der Waals surface area contributed by atoms with Gasteiger partial charge in [0, 0.05) is 48.7 Å². The summed E-state index contributed by atoms with van der Waals surface area (Å²) in [5, 5.41) is 1.27. The number of hydrogen-bond acceptors (Lipinski definition) is 3. The van der Waals surface area contributed by atoms with Gasteiger partial charge >= 0.3 is 5.97 Å². The quantitative estimate of drug-likeness (QED) is 0.454. The molecule has 1 aromatic heterocycles. The molecule has 0 spiro atoms. The zero-order chi connectivity index (χ0) is 21.3. The number of rotatable bonds is 5. The first-order chi connectivity index (χ1) is 14.5. The lowest BCUT2D eigenvalue weighted by atomic mass is 10.0. The SMILES string of the molecule is CCOC(=O)/C=C(/Cn1c2c(c3cc(C)ccc31)CN(C)CC2)c1ccc(F)cc1. The Morgan fingerprint density at radius 3 is 2.70 bits per heavy atom. The second-order valence-corrected chi connectivity index (χ2v) is 7.95. The average Bonchev–Trinajstić information content (AvgIpc) is 3.00. The van der Waals surface area contributed by atoms with Gasteiger partial charge in [-0.3, -0.25) is 0 Å². The molecule has 0 bridgehead atoms. The molecule has 0 radical (unpaired) electrons. The predicted molar refractivity (Wildman–Crippen MR) is 118 cm³/mol. The molecular formula is C25H27FN2O2. The first-order valence-corrected chi connectivity index (χ1v) is 10.4. The van der Waals surface area contributed by atoms with Gasteiger partial charge in [0.1, 0.15) is 5.82 Å². The van der Waals surface area contributed by atoms with Crippen molar-refractivity contribution in [2.24, 2.45) is 0 Å². The molecule has 4 nitrogen and oxygen atoms in total. The van der Waals surface area contributed by atoms with E-state index in [0.717, 1.165) is 36.2 Å². The molecule has 0 N–H and O–H groups in total. The van der Waals surface area contributed by atoms with E-state index in [2.05, 4.69) is 41.6 Å². The highest BCUT2D eigenvalue weighted by atomic mass is 19.1. The number of nitrogens with zero attached hydrogens (tertiary/aromatic N) is 2. The summed E-state index contributed by atoms with van der Waals surface area (Å²) < 4.78 is 21.0. The second-order valence-electron chi connectivity index (χ2n) is 7.95. The molecule has 0 saturated carbocycles. The van der Waals surface area contributed by atoms with Crippen LogP contribution < -0.4 is 0 Å². The number of allylic oxidation sites excluding steroid dienone is 1. The highest BCUT2D eigenvalue weighted by Crippen LogP contribution is 2.33. The molecule has 4 rings (SSSR count). The number of carbonyl (C=O) groups is 1. The van der Waals surface area contributed by atoms with E-state index >= 15 is 0 Å². The maximum Gasteiger partial charge on any atom is 0.331 e. The number of fused-ring (bicyclic) bond motifs is 3. The molecule has 156 valence electrons. The van der Waals surface area contributed by atoms with Gasteiger partial charge < -0.3 is 14.2 Å². The number of aromatic nitrogens is 1. The number of halogens is 1. The third-order valence-electron chi connectivity index (χ3n) is 5.72. The van der Waals surface area contributed by atoms with Crippen molar-refractivity contribution in [3.8, 4) is 0 Å². The van der Waals surface area contributed by atoms with Gasteiger partial charge in [-0.2, -0.15) is 0 Å². The topological polar surface area (TPSA) is 34.5 Å². The lowest BCUT2D eigenvalue weighted by molar-refractivity contribution is -0.137. The predicted octanol–water partition coefficient (Wildman–Crippen LogP) is 4.72. The number of likely N-dealkylation sites (N-methyl/N-ethyl adjacent to an activating group) is 1. The van der Waals surface area contributed by atoms with Crippen molar-refractivity contribution in [2.45, 2.75) is 33.4 Å². The molecule has 2 aromatic carbocycles. The number of esters is 1. The van der Waals surface area contributed by atoms with Gasteiger partial charge in [0.25, 0.3) is 0 Å². The molecule has 3 aromatic rings. The number of aryl methyl sites for hydroxylation is 1. The van der Waals surface area contributed by atoms with Gasteiger partial charge in [-0.25, -0.2) is 9.18 Å². The van der Waals surface area contributed by atoms with Gasteiger partial charge in [0.15, 0.2) is 0 Å². The summed E-state index contributed by atoms with van der Waals surface area (Å²) in [6.45, 7) is 6.66. The van der Waals surface area contributed by atoms with Crippen LogP contribution in [0.25, 0.3) is 16.5 Å². The molecule has 0 fully saturated rings. The minimum Gasteiger partial charge on any atom is -0.463 e. The normalized spacial score (nSPS) is 14.7. The van der Waals surface area contributed by atoms with E-state index in [1.165, 1.54) is 40.4 Å². The standard InChI is InChI=1S/C25H27FN2O2/c1-4-30-25(29)14-19(18-6-8-20(26)9-7-18)15-28-23-10-5-17(2)13-21(23)22-16-27(3)12-11-24(22)28/h5-10,13-14H,4,11-12,15-16H2,1-3H3/b19-14-. The zero-order valence-electron chi connectivity index (χ0n) is 17.7. The van der Waals surface area contributed by atoms with Gasteiger partial charge in [-0.15, -0.1) is 0 Å². The molecule has 5 heteroatoms. The average molecular weight is 407 g/mol. The highest BCUT2D eigenvalue weighted by Gasteiger charge is 2.23. The summed E-state index contributed by atoms with van der Waals surface area (Å²) in [6.07, 6.45) is 2.49. The zero-order valence-corrected chi connectivity index (χ0v) is 17.7. The molecule has 2 heterocycles. The largest absolute Gasteiger partial charge is 0.463 e. The number of hydrogen-bond donors (Lipinski definition) is 0. The molecule has 0 atom stereocenters. The van der Waals surface area contributed by atoms with Crippen LogP contribution in [0.4, 0.5) is 4.39 Å². The summed E-state index contributed by atoms with van der Waals surface area (Å²) in [4.78, 5) is 14.6. The molecule has 1 aliphatic heterocycles. The summed E-state index contributed by atoms with van der Waals surface area (Å²) in [5.41, 5.74) is 6.70. The van der Waals surface area contributed by atoms with Crippen molar-refractivity contribution in [1.82, 2.24) is 9.47 Å². The maximum absolute atomic E-state index is 13.5. The van der Waals surface area contributed by atoms with Crippen molar-refractivity contribution >= 4 is 22.4 Å². The minimum atomic E-state index is -0.377. The highest BCUT2D eigenvalue weighted by molar-refractivity contribution is 5.92. The van der Waals surface area contributed by atoms with Gasteiger partial charge in [-0.1, -0.05) is 23.8 Å². The van der Waals surface area contributed by atoms with Crippen LogP contribution in [0.15, 0.2) is 48.5 Å². The van der Waals surface area contributed by atoms with Crippen LogP contribution in [-0.4, -0.2) is 35.6 Å². The first kappa shape index (κ1) is 20.4. The Kier molecular flexibility index (Phi) is 5.73. The fourth-order valence-electron chi connectivity index (χ4n) is 4.26. The molecule has 0 amide bonds. The van der Waals surface area contributed by atoms with Crippen LogP contribution in [0.2, 0.25) is 0 Å². The number of ether oxygens (including phenoxy) is 1. The number of benzene rings is 2. The lowest BCUT2D eigenvalue weighted by Crippen LogP contribution is -2.27. The minimum absolute atomic E-state index is 0.295. The Morgan fingerprint density at radius 1 is 1.20 bits per heavy atom. The van der Waals surface area contributed by atoms with Crippen LogP contribution >= 0.6 is 0 Å². The summed E-state index contributed by atoms with van der Waals surface area (Å²) >= 11 is 0. The van der Waals surface area contributed by atoms with Gasteiger partial charge in [0.2, 0.25) is 0 Å². The Bertz CT molecular complexity index is 1110. The molecule has 30 heavy (non-hydrogen) atoms. The molecular weight excluding hydrogens is 379 g/mol. The summed E-state index contributed by atoms with van der Waals surface area (Å²) in [5.74, 6) is -0.672. The van der Waals surface area contributed by atoms with E-state index in [0.29, 0.717) is 13.2 Å². The smallest absolute Gasteiger partial charge is 0.331 e. The Balaban J connectivity index is 1.83. The van der Waals surface area contributed by atoms with Crippen LogP contribution in [0.1, 0.15) is 29.3 Å². The van der Waals surface area contributed by atoms with E-state index in [-0.39, 0.29) is 11.8 Å². The fraction of sp³-hybridized carbons (Fsp3) is 0.320. The van der Waals surface area contributed by atoms with Crippen LogP contribution in [0.3, 0.4) is 0 Å². The maximum atomic E-state index is 13.5. The molecule has 1 aliphatic rings. The second kappa shape index (κ2) is 8.44. The van der Waals surface area contributed by atoms with Gasteiger partial charge in [-0.05, 0) is 61.9 Å². The fourth-order valence-corrected chi connectivity index (χ4v) is 4.26. The molecule has 0 unspecified atom stereocenters. The van der Waals surface area contributed by atoms with Crippen LogP contribution in [0, 0.1) is 12.7 Å². The Labute approximate surface area is 176 Å². The van der Waals surface area contributed by atoms with Crippen molar-refractivity contribution in [1.29, 1.82) is 0 Å². The summed E-state index contributed by atoms with van der Waals surface area (Å²) in [6, 6.07) is 12.8. The van der Waals surface area contributed by atoms with E-state index in [1.807, 2.05) is 0 Å². The van der Waals surface area contributed by atoms with Crippen molar-refractivity contribution in [3.05, 3.63) is 76.7 Å². The van der Waals surface area contributed by atoms with Crippen LogP contribution in [0.5, 0.6) is 0 Å². The first-order valence-electron chi connectivity index (χ1n) is 10.4.